The van der Waals surface area contributed by atoms with Gasteiger partial charge in [-0.3, -0.25) is 4.98 Å². The predicted octanol–water partition coefficient (Wildman–Crippen LogP) is 2.20. The van der Waals surface area contributed by atoms with E-state index in [2.05, 4.69) is 14.9 Å². The highest BCUT2D eigenvalue weighted by atomic mass is 16.5. The number of hydrogen-bond donors (Lipinski definition) is 1. The Bertz CT molecular complexity index is 665. The first-order chi connectivity index (χ1) is 11.2. The van der Waals surface area contributed by atoms with Crippen LogP contribution in [0.4, 0.5) is 5.82 Å². The second-order valence-electron chi connectivity index (χ2n) is 5.48. The van der Waals surface area contributed by atoms with Gasteiger partial charge in [0, 0.05) is 6.54 Å². The number of hydrogen-bond acceptors (Lipinski definition) is 6. The molecule has 6 nitrogen and oxygen atoms in total. The monoisotopic (exact) mass is 315 g/mol. The summed E-state index contributed by atoms with van der Waals surface area (Å²) in [6, 6.07) is 7.94. The maximum Gasteiger partial charge on any atom is 0.234 e. The lowest BCUT2D eigenvalue weighted by Gasteiger charge is -2.26. The average Bonchev–Trinajstić information content (AvgIpc) is 2.97. The molecule has 1 fully saturated rings. The summed E-state index contributed by atoms with van der Waals surface area (Å²) in [5, 5.41) is 10.1. The first-order valence-corrected chi connectivity index (χ1v) is 7.74. The van der Waals surface area contributed by atoms with Crippen LogP contribution in [0.2, 0.25) is 0 Å². The molecule has 1 aromatic carbocycles. The van der Waals surface area contributed by atoms with Gasteiger partial charge in [0.2, 0.25) is 5.88 Å². The van der Waals surface area contributed by atoms with E-state index in [1.54, 1.807) is 19.5 Å². The Hall–Kier alpha value is -2.34. The number of methoxy groups -OCH3 is 1. The highest BCUT2D eigenvalue weighted by molar-refractivity contribution is 5.45. The van der Waals surface area contributed by atoms with Gasteiger partial charge >= 0.3 is 0 Å². The number of aromatic nitrogens is 2. The Balaban J connectivity index is 1.91. The largest absolute Gasteiger partial charge is 0.497 e. The Morgan fingerprint density at radius 1 is 1.35 bits per heavy atom. The molecule has 1 aliphatic rings. The van der Waals surface area contributed by atoms with E-state index >= 15 is 0 Å². The van der Waals surface area contributed by atoms with E-state index in [9.17, 15) is 5.11 Å². The topological polar surface area (TPSA) is 67.7 Å². The molecule has 0 radical (unpaired) electrons. The van der Waals surface area contributed by atoms with E-state index in [0.29, 0.717) is 31.3 Å². The molecule has 0 aliphatic carbocycles. The standard InChI is InChI=1S/C17H21N3O3/c1-3-23-17-10-18-9-16(19-17)20-11-13(21)8-15(20)12-5-4-6-14(7-12)22-2/h4-7,9-10,13,15,21H,3,8,11H2,1-2H3/t13-,15-/m1/s1. The Labute approximate surface area is 135 Å². The zero-order valence-electron chi connectivity index (χ0n) is 13.3. The quantitative estimate of drug-likeness (QED) is 0.912. The third-order valence-electron chi connectivity index (χ3n) is 3.94. The third kappa shape index (κ3) is 3.37. The van der Waals surface area contributed by atoms with Gasteiger partial charge in [-0.2, -0.15) is 4.98 Å². The van der Waals surface area contributed by atoms with Crippen molar-refractivity contribution >= 4 is 5.82 Å². The third-order valence-corrected chi connectivity index (χ3v) is 3.94. The van der Waals surface area contributed by atoms with Crippen LogP contribution in [-0.2, 0) is 0 Å². The summed E-state index contributed by atoms with van der Waals surface area (Å²) >= 11 is 0. The van der Waals surface area contributed by atoms with Crippen LogP contribution in [0, 0.1) is 0 Å². The predicted molar refractivity (Wildman–Crippen MR) is 86.9 cm³/mol. The minimum atomic E-state index is -0.399. The number of β-amino-alcohol motifs (C(OH)–C–C–N with tert-alkyl or cyclic N) is 1. The second kappa shape index (κ2) is 6.83. The van der Waals surface area contributed by atoms with Crippen molar-refractivity contribution in [2.75, 3.05) is 25.2 Å². The van der Waals surface area contributed by atoms with E-state index in [4.69, 9.17) is 9.47 Å². The molecule has 0 amide bonds. The molecule has 2 aromatic rings. The molecule has 2 atom stereocenters. The lowest BCUT2D eigenvalue weighted by Crippen LogP contribution is -2.25. The highest BCUT2D eigenvalue weighted by Crippen LogP contribution is 2.36. The minimum Gasteiger partial charge on any atom is -0.497 e. The van der Waals surface area contributed by atoms with Crippen LogP contribution in [0.25, 0.3) is 0 Å². The first-order valence-electron chi connectivity index (χ1n) is 7.74. The van der Waals surface area contributed by atoms with E-state index in [0.717, 1.165) is 11.3 Å². The SMILES string of the molecule is CCOc1cncc(N2C[C@H](O)C[C@@H]2c2cccc(OC)c2)n1. The van der Waals surface area contributed by atoms with Crippen molar-refractivity contribution in [3.8, 4) is 11.6 Å². The molecule has 3 rings (SSSR count). The van der Waals surface area contributed by atoms with Crippen LogP contribution in [0.1, 0.15) is 24.9 Å². The van der Waals surface area contributed by atoms with Gasteiger partial charge in [0.05, 0.1) is 38.3 Å². The first kappa shape index (κ1) is 15.6. The van der Waals surface area contributed by atoms with Crippen LogP contribution in [0.5, 0.6) is 11.6 Å². The number of aliphatic hydroxyl groups excluding tert-OH is 1. The maximum absolute atomic E-state index is 10.1. The number of anilines is 1. The Kier molecular flexibility index (Phi) is 4.62. The Morgan fingerprint density at radius 3 is 3.00 bits per heavy atom. The molecular weight excluding hydrogens is 294 g/mol. The van der Waals surface area contributed by atoms with Gasteiger partial charge in [-0.25, -0.2) is 0 Å². The number of ether oxygens (including phenoxy) is 2. The molecule has 1 aliphatic heterocycles. The number of benzene rings is 1. The molecule has 0 unspecified atom stereocenters. The van der Waals surface area contributed by atoms with Crippen molar-refractivity contribution in [2.45, 2.75) is 25.5 Å². The van der Waals surface area contributed by atoms with Gasteiger partial charge in [0.1, 0.15) is 5.75 Å². The van der Waals surface area contributed by atoms with Gasteiger partial charge in [0.25, 0.3) is 0 Å². The minimum absolute atomic E-state index is 0.0336. The van der Waals surface area contributed by atoms with Crippen molar-refractivity contribution in [3.63, 3.8) is 0 Å². The molecule has 23 heavy (non-hydrogen) atoms. The maximum atomic E-state index is 10.1. The van der Waals surface area contributed by atoms with Crippen LogP contribution in [-0.4, -0.2) is 41.4 Å². The summed E-state index contributed by atoms with van der Waals surface area (Å²) in [4.78, 5) is 10.8. The second-order valence-corrected chi connectivity index (χ2v) is 5.48. The number of nitrogens with zero attached hydrogens (tertiary/aromatic N) is 3. The Morgan fingerprint density at radius 2 is 2.22 bits per heavy atom. The molecule has 6 heteroatoms. The zero-order chi connectivity index (χ0) is 16.2. The van der Waals surface area contributed by atoms with Gasteiger partial charge in [-0.15, -0.1) is 0 Å². The summed E-state index contributed by atoms with van der Waals surface area (Å²) in [6.07, 6.45) is 3.55. The molecule has 122 valence electrons. The molecule has 1 saturated heterocycles. The lowest BCUT2D eigenvalue weighted by molar-refractivity contribution is 0.194. The molecule has 0 spiro atoms. The molecule has 0 saturated carbocycles. The summed E-state index contributed by atoms with van der Waals surface area (Å²) in [5.41, 5.74) is 1.09. The van der Waals surface area contributed by atoms with Gasteiger partial charge in [0.15, 0.2) is 5.82 Å². The average molecular weight is 315 g/mol. The molecular formula is C17H21N3O3. The number of rotatable bonds is 5. The zero-order valence-corrected chi connectivity index (χ0v) is 13.3. The fraction of sp³-hybridized carbons (Fsp3) is 0.412. The van der Waals surface area contributed by atoms with Crippen molar-refractivity contribution in [1.82, 2.24) is 9.97 Å². The lowest BCUT2D eigenvalue weighted by atomic mass is 10.0. The van der Waals surface area contributed by atoms with Crippen LogP contribution >= 0.6 is 0 Å². The van der Waals surface area contributed by atoms with E-state index in [-0.39, 0.29) is 6.04 Å². The summed E-state index contributed by atoms with van der Waals surface area (Å²) in [7, 11) is 1.65. The van der Waals surface area contributed by atoms with Crippen molar-refractivity contribution in [3.05, 3.63) is 42.2 Å². The normalized spacial score (nSPS) is 20.6. The van der Waals surface area contributed by atoms with Crippen LogP contribution < -0.4 is 14.4 Å². The molecule has 1 N–H and O–H groups in total. The van der Waals surface area contributed by atoms with Gasteiger partial charge in [-0.05, 0) is 31.0 Å². The van der Waals surface area contributed by atoms with Crippen LogP contribution in [0.3, 0.4) is 0 Å². The molecule has 0 bridgehead atoms. The van der Waals surface area contributed by atoms with Crippen molar-refractivity contribution in [1.29, 1.82) is 0 Å². The summed E-state index contributed by atoms with van der Waals surface area (Å²) in [5.74, 6) is 2.01. The fourth-order valence-corrected chi connectivity index (χ4v) is 2.93. The highest BCUT2D eigenvalue weighted by Gasteiger charge is 2.33. The van der Waals surface area contributed by atoms with Crippen molar-refractivity contribution < 1.29 is 14.6 Å². The van der Waals surface area contributed by atoms with Crippen molar-refractivity contribution in [2.24, 2.45) is 0 Å². The van der Waals surface area contributed by atoms with Crippen LogP contribution in [0.15, 0.2) is 36.7 Å². The van der Waals surface area contributed by atoms with Gasteiger partial charge in [-0.1, -0.05) is 12.1 Å². The van der Waals surface area contributed by atoms with E-state index < -0.39 is 6.10 Å². The number of aliphatic hydroxyl groups is 1. The molecule has 2 heterocycles. The smallest absolute Gasteiger partial charge is 0.234 e. The van der Waals surface area contributed by atoms with Gasteiger partial charge < -0.3 is 19.5 Å². The summed E-state index contributed by atoms with van der Waals surface area (Å²) < 4.78 is 10.7. The fourth-order valence-electron chi connectivity index (χ4n) is 2.93. The molecule has 1 aromatic heterocycles. The summed E-state index contributed by atoms with van der Waals surface area (Å²) in [6.45, 7) is 2.97. The van der Waals surface area contributed by atoms with E-state index in [1.807, 2.05) is 31.2 Å². The van der Waals surface area contributed by atoms with E-state index in [1.165, 1.54) is 0 Å².